The van der Waals surface area contributed by atoms with Crippen molar-refractivity contribution >= 4 is 45.6 Å². The van der Waals surface area contributed by atoms with E-state index in [-0.39, 0.29) is 28.2 Å². The molecule has 1 saturated heterocycles. The highest BCUT2D eigenvalue weighted by molar-refractivity contribution is 8.93. The molecule has 1 aromatic carbocycles. The van der Waals surface area contributed by atoms with E-state index in [0.29, 0.717) is 18.2 Å². The molecule has 0 amide bonds. The van der Waals surface area contributed by atoms with Crippen molar-refractivity contribution in [1.29, 1.82) is 0 Å². The maximum atomic E-state index is 11.3. The third kappa shape index (κ3) is 4.43. The van der Waals surface area contributed by atoms with Gasteiger partial charge in [-0.05, 0) is 24.3 Å². The molecule has 0 saturated carbocycles. The molecule has 2 rings (SSSR count). The van der Waals surface area contributed by atoms with Gasteiger partial charge in [-0.3, -0.25) is 4.79 Å². The summed E-state index contributed by atoms with van der Waals surface area (Å²) in [6.45, 7) is 0.465. The minimum absolute atomic E-state index is 0. The Labute approximate surface area is 126 Å². The number of carbonyl (C=O) groups excluding carboxylic acids is 1. The van der Waals surface area contributed by atoms with E-state index >= 15 is 0 Å². The number of thioether (sulfide) groups is 1. The van der Waals surface area contributed by atoms with Crippen LogP contribution in [-0.2, 0) is 9.53 Å². The summed E-state index contributed by atoms with van der Waals surface area (Å²) in [7, 11) is 1.61. The highest BCUT2D eigenvalue weighted by Gasteiger charge is 2.28. The van der Waals surface area contributed by atoms with Crippen molar-refractivity contribution in [3.63, 3.8) is 0 Å². The first kappa shape index (κ1) is 15.8. The Morgan fingerprint density at radius 1 is 1.47 bits per heavy atom. The number of amidine groups is 1. The van der Waals surface area contributed by atoms with Gasteiger partial charge in [-0.15, -0.1) is 17.0 Å². The molecule has 1 fully saturated rings. The molecular formula is C12H15BrN2O3S. The molecule has 0 bridgehead atoms. The van der Waals surface area contributed by atoms with Gasteiger partial charge in [-0.2, -0.15) is 0 Å². The number of benzene rings is 1. The van der Waals surface area contributed by atoms with E-state index in [0.717, 1.165) is 11.4 Å². The van der Waals surface area contributed by atoms with Crippen LogP contribution in [0.2, 0.25) is 0 Å². The minimum Gasteiger partial charge on any atom is -0.497 e. The first-order valence-electron chi connectivity index (χ1n) is 5.50. The minimum atomic E-state index is -0.230. The molecule has 0 aromatic heterocycles. The Kier molecular flexibility index (Phi) is 6.17. The van der Waals surface area contributed by atoms with Crippen molar-refractivity contribution in [3.05, 3.63) is 24.3 Å². The molecule has 5 nitrogen and oxygen atoms in total. The SMILES string of the molecule is Br.COc1ccc(N=C(N)SC2CCOC2=O)cc1. The summed E-state index contributed by atoms with van der Waals surface area (Å²) >= 11 is 1.24. The molecular weight excluding hydrogens is 332 g/mol. The zero-order valence-electron chi connectivity index (χ0n) is 10.4. The van der Waals surface area contributed by atoms with E-state index < -0.39 is 0 Å². The Balaban J connectivity index is 0.00000180. The summed E-state index contributed by atoms with van der Waals surface area (Å²) in [5.41, 5.74) is 6.52. The number of halogens is 1. The highest BCUT2D eigenvalue weighted by atomic mass is 79.9. The smallest absolute Gasteiger partial charge is 0.319 e. The third-order valence-electron chi connectivity index (χ3n) is 2.46. The van der Waals surface area contributed by atoms with Gasteiger partial charge in [0.2, 0.25) is 0 Å². The molecule has 1 aliphatic rings. The van der Waals surface area contributed by atoms with Gasteiger partial charge in [0.1, 0.15) is 11.0 Å². The zero-order valence-corrected chi connectivity index (χ0v) is 12.9. The number of hydrogen-bond donors (Lipinski definition) is 1. The second kappa shape index (κ2) is 7.40. The maximum Gasteiger partial charge on any atom is 0.319 e. The lowest BCUT2D eigenvalue weighted by atomic mass is 10.3. The van der Waals surface area contributed by atoms with Gasteiger partial charge in [0.15, 0.2) is 5.17 Å². The van der Waals surface area contributed by atoms with Crippen LogP contribution in [0.5, 0.6) is 5.75 Å². The van der Waals surface area contributed by atoms with Crippen molar-refractivity contribution in [2.24, 2.45) is 10.7 Å². The van der Waals surface area contributed by atoms with Gasteiger partial charge < -0.3 is 15.2 Å². The Hall–Kier alpha value is -1.21. The van der Waals surface area contributed by atoms with E-state index in [9.17, 15) is 4.79 Å². The van der Waals surface area contributed by atoms with Crippen LogP contribution in [-0.4, -0.2) is 30.1 Å². The number of nitrogens with zero attached hydrogens (tertiary/aromatic N) is 1. The van der Waals surface area contributed by atoms with Gasteiger partial charge >= 0.3 is 5.97 Å². The van der Waals surface area contributed by atoms with Gasteiger partial charge in [0.05, 0.1) is 19.4 Å². The van der Waals surface area contributed by atoms with Crippen LogP contribution in [0.25, 0.3) is 0 Å². The van der Waals surface area contributed by atoms with E-state index in [1.807, 2.05) is 0 Å². The summed E-state index contributed by atoms with van der Waals surface area (Å²) < 4.78 is 9.91. The number of ether oxygens (including phenoxy) is 2. The van der Waals surface area contributed by atoms with Crippen LogP contribution >= 0.6 is 28.7 Å². The molecule has 0 radical (unpaired) electrons. The molecule has 0 aliphatic carbocycles. The van der Waals surface area contributed by atoms with Crippen LogP contribution in [0.15, 0.2) is 29.3 Å². The second-order valence-corrected chi connectivity index (χ2v) is 4.93. The second-order valence-electron chi connectivity index (χ2n) is 3.71. The number of esters is 1. The van der Waals surface area contributed by atoms with Gasteiger partial charge in [0.25, 0.3) is 0 Å². The van der Waals surface area contributed by atoms with E-state index in [1.54, 1.807) is 31.4 Å². The zero-order chi connectivity index (χ0) is 13.0. The molecule has 1 aliphatic heterocycles. The van der Waals surface area contributed by atoms with E-state index in [4.69, 9.17) is 15.2 Å². The molecule has 104 valence electrons. The van der Waals surface area contributed by atoms with E-state index in [1.165, 1.54) is 11.8 Å². The molecule has 1 atom stereocenters. The Bertz CT molecular complexity index is 465. The predicted molar refractivity (Wildman–Crippen MR) is 81.6 cm³/mol. The molecule has 2 N–H and O–H groups in total. The number of nitrogens with two attached hydrogens (primary N) is 1. The third-order valence-corrected chi connectivity index (χ3v) is 3.51. The highest BCUT2D eigenvalue weighted by Crippen LogP contribution is 2.24. The van der Waals surface area contributed by atoms with Crippen LogP contribution in [0, 0.1) is 0 Å². The number of hydrogen-bond acceptors (Lipinski definition) is 5. The summed E-state index contributed by atoms with van der Waals surface area (Å²) in [5.74, 6) is 0.549. The van der Waals surface area contributed by atoms with Crippen molar-refractivity contribution in [2.75, 3.05) is 13.7 Å². The monoisotopic (exact) mass is 346 g/mol. The van der Waals surface area contributed by atoms with Crippen LogP contribution in [0.3, 0.4) is 0 Å². The van der Waals surface area contributed by atoms with Crippen LogP contribution in [0.4, 0.5) is 5.69 Å². The van der Waals surface area contributed by atoms with E-state index in [2.05, 4.69) is 4.99 Å². The van der Waals surface area contributed by atoms with Crippen molar-refractivity contribution in [3.8, 4) is 5.75 Å². The lowest BCUT2D eigenvalue weighted by molar-refractivity contribution is -0.137. The maximum absolute atomic E-state index is 11.3. The van der Waals surface area contributed by atoms with Crippen molar-refractivity contribution < 1.29 is 14.3 Å². The molecule has 0 spiro atoms. The van der Waals surface area contributed by atoms with Crippen LogP contribution < -0.4 is 10.5 Å². The molecule has 19 heavy (non-hydrogen) atoms. The predicted octanol–water partition coefficient (Wildman–Crippen LogP) is 2.27. The summed E-state index contributed by atoms with van der Waals surface area (Å²) in [6, 6.07) is 7.22. The first-order chi connectivity index (χ1) is 8.69. The molecule has 1 heterocycles. The number of cyclic esters (lactones) is 1. The molecule has 1 unspecified atom stereocenters. The quantitative estimate of drug-likeness (QED) is 0.516. The number of carbonyl (C=O) groups is 1. The fraction of sp³-hybridized carbons (Fsp3) is 0.333. The summed E-state index contributed by atoms with van der Waals surface area (Å²) in [6.07, 6.45) is 0.683. The fourth-order valence-electron chi connectivity index (χ4n) is 1.54. The Morgan fingerprint density at radius 3 is 2.68 bits per heavy atom. The fourth-order valence-corrected chi connectivity index (χ4v) is 2.37. The number of rotatable bonds is 3. The topological polar surface area (TPSA) is 73.9 Å². The van der Waals surface area contributed by atoms with Crippen LogP contribution in [0.1, 0.15) is 6.42 Å². The Morgan fingerprint density at radius 2 is 2.16 bits per heavy atom. The lowest BCUT2D eigenvalue weighted by Crippen LogP contribution is -2.17. The average molecular weight is 347 g/mol. The molecule has 1 aromatic rings. The summed E-state index contributed by atoms with van der Waals surface area (Å²) in [5, 5.41) is 0.135. The number of methoxy groups -OCH3 is 1. The van der Waals surface area contributed by atoms with Gasteiger partial charge in [-0.1, -0.05) is 11.8 Å². The average Bonchev–Trinajstić information content (AvgIpc) is 2.76. The number of aliphatic imine (C=N–C) groups is 1. The largest absolute Gasteiger partial charge is 0.497 e. The standard InChI is InChI=1S/C12H14N2O3S.BrH/c1-16-9-4-2-8(3-5-9)14-12(13)18-10-6-7-17-11(10)15;/h2-5,10H,6-7H2,1H3,(H2,13,14);1H. The normalized spacial score (nSPS) is 18.7. The van der Waals surface area contributed by atoms with Gasteiger partial charge in [-0.25, -0.2) is 4.99 Å². The lowest BCUT2D eigenvalue weighted by Gasteiger charge is -2.04. The van der Waals surface area contributed by atoms with Crippen molar-refractivity contribution in [2.45, 2.75) is 11.7 Å². The molecule has 7 heteroatoms. The summed E-state index contributed by atoms with van der Waals surface area (Å²) in [4.78, 5) is 15.5. The first-order valence-corrected chi connectivity index (χ1v) is 6.38. The van der Waals surface area contributed by atoms with Gasteiger partial charge in [0, 0.05) is 6.42 Å². The van der Waals surface area contributed by atoms with Crippen molar-refractivity contribution in [1.82, 2.24) is 0 Å².